The van der Waals surface area contributed by atoms with Crippen LogP contribution in [0.2, 0.25) is 0 Å². The van der Waals surface area contributed by atoms with Gasteiger partial charge in [-0.2, -0.15) is 0 Å². The van der Waals surface area contributed by atoms with Crippen molar-refractivity contribution in [1.29, 1.82) is 0 Å². The minimum atomic E-state index is 0.0790. The number of benzene rings is 1. The summed E-state index contributed by atoms with van der Waals surface area (Å²) >= 11 is 0. The van der Waals surface area contributed by atoms with Gasteiger partial charge in [0.1, 0.15) is 0 Å². The SMILES string of the molecule is OC[C@H](NC1CCN(C2CC2)C1)c1ccccc1. The molecule has 0 amide bonds. The first-order valence-electron chi connectivity index (χ1n) is 7.02. The van der Waals surface area contributed by atoms with Gasteiger partial charge >= 0.3 is 0 Å². The Morgan fingerprint density at radius 3 is 2.67 bits per heavy atom. The third-order valence-corrected chi connectivity index (χ3v) is 4.10. The van der Waals surface area contributed by atoms with Gasteiger partial charge in [0, 0.05) is 25.2 Å². The Morgan fingerprint density at radius 1 is 1.22 bits per heavy atom. The fourth-order valence-electron chi connectivity index (χ4n) is 2.92. The standard InChI is InChI=1S/C15H22N2O/c18-11-15(12-4-2-1-3-5-12)16-13-8-9-17(10-13)14-6-7-14/h1-5,13-16,18H,6-11H2/t13?,15-/m0/s1. The van der Waals surface area contributed by atoms with E-state index in [4.69, 9.17) is 0 Å². The van der Waals surface area contributed by atoms with Crippen LogP contribution in [0.5, 0.6) is 0 Å². The van der Waals surface area contributed by atoms with E-state index in [1.165, 1.54) is 31.4 Å². The lowest BCUT2D eigenvalue weighted by molar-refractivity contribution is 0.230. The van der Waals surface area contributed by atoms with Crippen LogP contribution in [0.4, 0.5) is 0 Å². The molecule has 1 saturated heterocycles. The van der Waals surface area contributed by atoms with Crippen LogP contribution < -0.4 is 5.32 Å². The summed E-state index contributed by atoms with van der Waals surface area (Å²) in [7, 11) is 0. The number of aliphatic hydroxyl groups excluding tert-OH is 1. The maximum atomic E-state index is 9.55. The van der Waals surface area contributed by atoms with Crippen molar-refractivity contribution >= 4 is 0 Å². The first-order valence-corrected chi connectivity index (χ1v) is 7.02. The van der Waals surface area contributed by atoms with Gasteiger partial charge < -0.3 is 10.4 Å². The van der Waals surface area contributed by atoms with Crippen molar-refractivity contribution in [2.45, 2.75) is 37.4 Å². The molecule has 0 radical (unpaired) electrons. The van der Waals surface area contributed by atoms with Gasteiger partial charge in [-0.25, -0.2) is 0 Å². The van der Waals surface area contributed by atoms with Crippen molar-refractivity contribution in [3.05, 3.63) is 35.9 Å². The number of rotatable bonds is 5. The molecule has 18 heavy (non-hydrogen) atoms. The van der Waals surface area contributed by atoms with Crippen molar-refractivity contribution in [1.82, 2.24) is 10.2 Å². The number of nitrogens with one attached hydrogen (secondary N) is 1. The largest absolute Gasteiger partial charge is 0.394 e. The summed E-state index contributed by atoms with van der Waals surface area (Å²) in [6.07, 6.45) is 3.98. The van der Waals surface area contributed by atoms with Gasteiger partial charge in [-0.1, -0.05) is 30.3 Å². The van der Waals surface area contributed by atoms with Crippen molar-refractivity contribution in [3.8, 4) is 0 Å². The van der Waals surface area contributed by atoms with E-state index >= 15 is 0 Å². The molecule has 1 unspecified atom stereocenters. The van der Waals surface area contributed by atoms with Gasteiger partial charge in [0.25, 0.3) is 0 Å². The van der Waals surface area contributed by atoms with E-state index in [9.17, 15) is 5.11 Å². The normalized spacial score (nSPS) is 26.4. The molecule has 1 aromatic carbocycles. The van der Waals surface area contributed by atoms with E-state index in [0.29, 0.717) is 6.04 Å². The summed E-state index contributed by atoms with van der Waals surface area (Å²) in [6.45, 7) is 2.53. The van der Waals surface area contributed by atoms with Gasteiger partial charge in [0.15, 0.2) is 0 Å². The maximum Gasteiger partial charge on any atom is 0.0626 e. The van der Waals surface area contributed by atoms with Crippen molar-refractivity contribution in [2.75, 3.05) is 19.7 Å². The molecule has 3 nitrogen and oxygen atoms in total. The molecular weight excluding hydrogens is 224 g/mol. The Balaban J connectivity index is 1.57. The minimum Gasteiger partial charge on any atom is -0.394 e. The molecule has 3 rings (SSSR count). The first-order chi connectivity index (χ1) is 8.86. The van der Waals surface area contributed by atoms with Crippen LogP contribution >= 0.6 is 0 Å². The Morgan fingerprint density at radius 2 is 2.00 bits per heavy atom. The monoisotopic (exact) mass is 246 g/mol. The van der Waals surface area contributed by atoms with Gasteiger partial charge in [-0.05, 0) is 24.8 Å². The molecule has 0 aromatic heterocycles. The third-order valence-electron chi connectivity index (χ3n) is 4.10. The summed E-state index contributed by atoms with van der Waals surface area (Å²) in [5, 5.41) is 13.2. The molecule has 2 aliphatic rings. The van der Waals surface area contributed by atoms with E-state index in [0.717, 1.165) is 12.6 Å². The predicted molar refractivity (Wildman–Crippen MR) is 72.4 cm³/mol. The van der Waals surface area contributed by atoms with Gasteiger partial charge in [0.2, 0.25) is 0 Å². The summed E-state index contributed by atoms with van der Waals surface area (Å²) < 4.78 is 0. The Hall–Kier alpha value is -0.900. The average molecular weight is 246 g/mol. The second kappa shape index (κ2) is 5.39. The van der Waals surface area contributed by atoms with E-state index < -0.39 is 0 Å². The molecule has 1 heterocycles. The quantitative estimate of drug-likeness (QED) is 0.827. The van der Waals surface area contributed by atoms with Crippen LogP contribution in [0.25, 0.3) is 0 Å². The van der Waals surface area contributed by atoms with Crippen molar-refractivity contribution in [2.24, 2.45) is 0 Å². The molecule has 2 fully saturated rings. The van der Waals surface area contributed by atoms with Gasteiger partial charge in [-0.15, -0.1) is 0 Å². The fourth-order valence-corrected chi connectivity index (χ4v) is 2.92. The highest BCUT2D eigenvalue weighted by atomic mass is 16.3. The van der Waals surface area contributed by atoms with E-state index in [2.05, 4.69) is 22.3 Å². The molecular formula is C15H22N2O. The van der Waals surface area contributed by atoms with Crippen molar-refractivity contribution < 1.29 is 5.11 Å². The highest BCUT2D eigenvalue weighted by molar-refractivity contribution is 5.19. The van der Waals surface area contributed by atoms with Crippen LogP contribution in [0, 0.1) is 0 Å². The van der Waals surface area contributed by atoms with Crippen LogP contribution in [0.3, 0.4) is 0 Å². The Kier molecular flexibility index (Phi) is 3.64. The Bertz CT molecular complexity index is 377. The zero-order valence-corrected chi connectivity index (χ0v) is 10.8. The van der Waals surface area contributed by atoms with Crippen LogP contribution in [-0.2, 0) is 0 Å². The van der Waals surface area contributed by atoms with Gasteiger partial charge in [0.05, 0.1) is 12.6 Å². The summed E-state index contributed by atoms with van der Waals surface area (Å²) in [4.78, 5) is 2.59. The molecule has 0 spiro atoms. The molecule has 1 aliphatic carbocycles. The third kappa shape index (κ3) is 2.74. The van der Waals surface area contributed by atoms with Gasteiger partial charge in [-0.3, -0.25) is 4.90 Å². The average Bonchev–Trinajstić information content (AvgIpc) is 3.17. The number of aliphatic hydroxyl groups is 1. The lowest BCUT2D eigenvalue weighted by Gasteiger charge is -2.22. The second-order valence-electron chi connectivity index (χ2n) is 5.52. The molecule has 3 heteroatoms. The molecule has 98 valence electrons. The molecule has 1 aromatic rings. The predicted octanol–water partition coefficient (Wildman–Crippen LogP) is 1.55. The molecule has 1 saturated carbocycles. The summed E-state index contributed by atoms with van der Waals surface area (Å²) in [6, 6.07) is 11.7. The number of likely N-dealkylation sites (tertiary alicyclic amines) is 1. The van der Waals surface area contributed by atoms with E-state index in [-0.39, 0.29) is 12.6 Å². The maximum absolute atomic E-state index is 9.55. The highest BCUT2D eigenvalue weighted by Crippen LogP contribution is 2.30. The van der Waals surface area contributed by atoms with Crippen LogP contribution in [-0.4, -0.2) is 41.8 Å². The zero-order chi connectivity index (χ0) is 12.4. The van der Waals surface area contributed by atoms with Crippen LogP contribution in [0.1, 0.15) is 30.9 Å². The number of nitrogens with zero attached hydrogens (tertiary/aromatic N) is 1. The fraction of sp³-hybridized carbons (Fsp3) is 0.600. The second-order valence-corrected chi connectivity index (χ2v) is 5.52. The molecule has 1 aliphatic heterocycles. The zero-order valence-electron chi connectivity index (χ0n) is 10.8. The van der Waals surface area contributed by atoms with E-state index in [1.54, 1.807) is 0 Å². The smallest absolute Gasteiger partial charge is 0.0626 e. The minimum absolute atomic E-state index is 0.0790. The Labute approximate surface area is 109 Å². The highest BCUT2D eigenvalue weighted by Gasteiger charge is 2.34. The molecule has 0 bridgehead atoms. The first kappa shape index (κ1) is 12.2. The lowest BCUT2D eigenvalue weighted by atomic mass is 10.1. The number of hydrogen-bond acceptors (Lipinski definition) is 3. The van der Waals surface area contributed by atoms with E-state index in [1.807, 2.05) is 18.2 Å². The lowest BCUT2D eigenvalue weighted by Crippen LogP contribution is -2.37. The summed E-state index contributed by atoms with van der Waals surface area (Å²) in [5.74, 6) is 0. The molecule has 2 N–H and O–H groups in total. The summed E-state index contributed by atoms with van der Waals surface area (Å²) in [5.41, 5.74) is 1.19. The van der Waals surface area contributed by atoms with Crippen molar-refractivity contribution in [3.63, 3.8) is 0 Å². The number of hydrogen-bond donors (Lipinski definition) is 2. The van der Waals surface area contributed by atoms with Crippen LogP contribution in [0.15, 0.2) is 30.3 Å². The molecule has 2 atom stereocenters. The topological polar surface area (TPSA) is 35.5 Å².